The Morgan fingerprint density at radius 2 is 1.25 bits per heavy atom. The lowest BCUT2D eigenvalue weighted by Gasteiger charge is -2.03. The number of rotatable bonds is 15. The molecule has 0 spiro atoms. The van der Waals surface area contributed by atoms with Crippen molar-refractivity contribution in [1.82, 2.24) is 0 Å². The first-order valence-electron chi connectivity index (χ1n) is 8.86. The molecule has 0 aromatic rings. The summed E-state index contributed by atoms with van der Waals surface area (Å²) >= 11 is 10.8. The van der Waals surface area contributed by atoms with Gasteiger partial charge in [-0.15, -0.1) is 23.2 Å². The van der Waals surface area contributed by atoms with Gasteiger partial charge >= 0.3 is 11.9 Å². The molecule has 0 aromatic heterocycles. The summed E-state index contributed by atoms with van der Waals surface area (Å²) in [7, 11) is 0. The molecule has 0 fully saturated rings. The topological polar surface area (TPSA) is 52.6 Å². The number of hydrogen-bond acceptors (Lipinski definition) is 4. The molecule has 6 heteroatoms. The van der Waals surface area contributed by atoms with Gasteiger partial charge in [-0.3, -0.25) is 0 Å². The van der Waals surface area contributed by atoms with Gasteiger partial charge in [-0.1, -0.05) is 64.7 Å². The molecule has 140 valence electrons. The van der Waals surface area contributed by atoms with Crippen LogP contribution < -0.4 is 0 Å². The first kappa shape index (κ1) is 23.3. The second kappa shape index (κ2) is 17.1. The first-order chi connectivity index (χ1) is 11.6. The maximum atomic E-state index is 11.4. The molecule has 0 saturated heterocycles. The fourth-order valence-corrected chi connectivity index (χ4v) is 2.27. The SMILES string of the molecule is CCCCCCCCCCCCOC(=O)/C=C/C(=O)OCC(Cl)Cl. The van der Waals surface area contributed by atoms with Crippen LogP contribution in [0.25, 0.3) is 0 Å². The van der Waals surface area contributed by atoms with Crippen molar-refractivity contribution < 1.29 is 19.1 Å². The van der Waals surface area contributed by atoms with Crippen LogP contribution in [0.15, 0.2) is 12.2 Å². The van der Waals surface area contributed by atoms with E-state index in [0.29, 0.717) is 6.61 Å². The number of esters is 2. The van der Waals surface area contributed by atoms with E-state index in [0.717, 1.165) is 25.0 Å². The van der Waals surface area contributed by atoms with Crippen LogP contribution in [-0.4, -0.2) is 30.0 Å². The average Bonchev–Trinajstić information content (AvgIpc) is 2.56. The van der Waals surface area contributed by atoms with Gasteiger partial charge in [-0.2, -0.15) is 0 Å². The zero-order valence-corrected chi connectivity index (χ0v) is 16.1. The fraction of sp³-hybridized carbons (Fsp3) is 0.778. The Morgan fingerprint density at radius 3 is 1.75 bits per heavy atom. The van der Waals surface area contributed by atoms with Crippen molar-refractivity contribution in [3.05, 3.63) is 12.2 Å². The number of hydrogen-bond donors (Lipinski definition) is 0. The predicted molar refractivity (Wildman–Crippen MR) is 98.4 cm³/mol. The van der Waals surface area contributed by atoms with Crippen molar-refractivity contribution in [3.8, 4) is 0 Å². The average molecular weight is 381 g/mol. The molecule has 0 aliphatic rings. The number of ether oxygens (including phenoxy) is 2. The Balaban J connectivity index is 3.41. The summed E-state index contributed by atoms with van der Waals surface area (Å²) in [4.78, 5) is 21.8. The monoisotopic (exact) mass is 380 g/mol. The Morgan fingerprint density at radius 1 is 0.792 bits per heavy atom. The number of unbranched alkanes of at least 4 members (excludes halogenated alkanes) is 9. The Kier molecular flexibility index (Phi) is 16.6. The minimum absolute atomic E-state index is 0.111. The molecular formula is C18H30Cl2O4. The van der Waals surface area contributed by atoms with E-state index >= 15 is 0 Å². The maximum Gasteiger partial charge on any atom is 0.331 e. The van der Waals surface area contributed by atoms with Gasteiger partial charge in [-0.05, 0) is 6.42 Å². The summed E-state index contributed by atoms with van der Waals surface area (Å²) in [6.45, 7) is 2.49. The highest BCUT2D eigenvalue weighted by Crippen LogP contribution is 2.10. The molecule has 0 aliphatic heterocycles. The molecule has 0 aliphatic carbocycles. The van der Waals surface area contributed by atoms with Crippen LogP contribution in [0, 0.1) is 0 Å². The molecular weight excluding hydrogens is 351 g/mol. The van der Waals surface area contributed by atoms with E-state index in [1.54, 1.807) is 0 Å². The lowest BCUT2D eigenvalue weighted by Crippen LogP contribution is -2.09. The first-order valence-corrected chi connectivity index (χ1v) is 9.73. The van der Waals surface area contributed by atoms with Gasteiger partial charge in [0.05, 0.1) is 6.61 Å². The highest BCUT2D eigenvalue weighted by Gasteiger charge is 2.04. The van der Waals surface area contributed by atoms with Crippen molar-refractivity contribution in [3.63, 3.8) is 0 Å². The number of carbonyl (C=O) groups is 2. The van der Waals surface area contributed by atoms with E-state index < -0.39 is 16.8 Å². The molecule has 24 heavy (non-hydrogen) atoms. The standard InChI is InChI=1S/C18H30Cl2O4/c1-2-3-4-5-6-7-8-9-10-11-14-23-17(21)12-13-18(22)24-15-16(19)20/h12-13,16H,2-11,14-15H2,1H3/b13-12+. The summed E-state index contributed by atoms with van der Waals surface area (Å²) in [5.74, 6) is -1.21. The van der Waals surface area contributed by atoms with Crippen molar-refractivity contribution >= 4 is 35.1 Å². The third kappa shape index (κ3) is 17.6. The van der Waals surface area contributed by atoms with E-state index in [1.807, 2.05) is 0 Å². The molecule has 0 N–H and O–H groups in total. The van der Waals surface area contributed by atoms with Gasteiger partial charge in [0.1, 0.15) is 11.4 Å². The number of halogens is 2. The summed E-state index contributed by atoms with van der Waals surface area (Å²) in [5, 5.41) is 0. The Bertz CT molecular complexity index is 357. The Hall–Kier alpha value is -0.740. The largest absolute Gasteiger partial charge is 0.463 e. The second-order valence-electron chi connectivity index (χ2n) is 5.70. The van der Waals surface area contributed by atoms with Gasteiger partial charge < -0.3 is 9.47 Å². The van der Waals surface area contributed by atoms with Gasteiger partial charge in [0.25, 0.3) is 0 Å². The van der Waals surface area contributed by atoms with Crippen molar-refractivity contribution in [2.45, 2.75) is 76.0 Å². The van der Waals surface area contributed by atoms with Gasteiger partial charge in [0, 0.05) is 12.2 Å². The van der Waals surface area contributed by atoms with Crippen LogP contribution in [0.5, 0.6) is 0 Å². The molecule has 0 radical (unpaired) electrons. The van der Waals surface area contributed by atoms with Crippen LogP contribution in [-0.2, 0) is 19.1 Å². The lowest BCUT2D eigenvalue weighted by molar-refractivity contribution is -0.140. The quantitative estimate of drug-likeness (QED) is 0.166. The van der Waals surface area contributed by atoms with Crippen LogP contribution in [0.1, 0.15) is 71.1 Å². The molecule has 0 rings (SSSR count). The molecule has 0 unspecified atom stereocenters. The minimum atomic E-state index is -0.773. The van der Waals surface area contributed by atoms with Crippen LogP contribution in [0.2, 0.25) is 0 Å². The normalized spacial score (nSPS) is 11.2. The van der Waals surface area contributed by atoms with Crippen molar-refractivity contribution in [2.75, 3.05) is 13.2 Å². The molecule has 0 atom stereocenters. The predicted octanol–water partition coefficient (Wildman–Crippen LogP) is 5.35. The third-order valence-electron chi connectivity index (χ3n) is 3.45. The highest BCUT2D eigenvalue weighted by atomic mass is 35.5. The molecule has 0 bridgehead atoms. The zero-order valence-electron chi connectivity index (χ0n) is 14.6. The Labute approximate surface area is 155 Å². The minimum Gasteiger partial charge on any atom is -0.463 e. The van der Waals surface area contributed by atoms with E-state index in [9.17, 15) is 9.59 Å². The van der Waals surface area contributed by atoms with Crippen LogP contribution in [0.3, 0.4) is 0 Å². The molecule has 4 nitrogen and oxygen atoms in total. The molecule has 0 amide bonds. The zero-order chi connectivity index (χ0) is 18.0. The van der Waals surface area contributed by atoms with E-state index in [-0.39, 0.29) is 6.61 Å². The second-order valence-corrected chi connectivity index (χ2v) is 6.98. The van der Waals surface area contributed by atoms with E-state index in [1.165, 1.54) is 51.4 Å². The number of alkyl halides is 2. The van der Waals surface area contributed by atoms with Gasteiger partial charge in [0.2, 0.25) is 0 Å². The van der Waals surface area contributed by atoms with Gasteiger partial charge in [-0.25, -0.2) is 9.59 Å². The van der Waals surface area contributed by atoms with Crippen molar-refractivity contribution in [1.29, 1.82) is 0 Å². The van der Waals surface area contributed by atoms with Crippen LogP contribution >= 0.6 is 23.2 Å². The summed E-state index contributed by atoms with van der Waals surface area (Å²) in [6.07, 6.45) is 14.3. The van der Waals surface area contributed by atoms with Crippen LogP contribution in [0.4, 0.5) is 0 Å². The molecule has 0 saturated carbocycles. The maximum absolute atomic E-state index is 11.4. The fourth-order valence-electron chi connectivity index (χ4n) is 2.14. The van der Waals surface area contributed by atoms with E-state index in [2.05, 4.69) is 11.7 Å². The summed E-state index contributed by atoms with van der Waals surface area (Å²) in [5.41, 5.74) is 0. The summed E-state index contributed by atoms with van der Waals surface area (Å²) < 4.78 is 9.67. The van der Waals surface area contributed by atoms with Crippen molar-refractivity contribution in [2.24, 2.45) is 0 Å². The summed E-state index contributed by atoms with van der Waals surface area (Å²) in [6, 6.07) is 0. The molecule has 0 heterocycles. The third-order valence-corrected chi connectivity index (χ3v) is 3.70. The lowest BCUT2D eigenvalue weighted by atomic mass is 10.1. The molecule has 0 aromatic carbocycles. The van der Waals surface area contributed by atoms with Gasteiger partial charge in [0.15, 0.2) is 0 Å². The highest BCUT2D eigenvalue weighted by molar-refractivity contribution is 6.44. The van der Waals surface area contributed by atoms with E-state index in [4.69, 9.17) is 27.9 Å². The smallest absolute Gasteiger partial charge is 0.331 e. The number of carbonyl (C=O) groups excluding carboxylic acids is 2.